The average Bonchev–Trinajstić information content (AvgIpc) is 2.68. The van der Waals surface area contributed by atoms with Gasteiger partial charge in [-0.25, -0.2) is 0 Å². The van der Waals surface area contributed by atoms with E-state index >= 15 is 0 Å². The quantitative estimate of drug-likeness (QED) is 0.517. The molecule has 0 saturated carbocycles. The third-order valence-electron chi connectivity index (χ3n) is 4.90. The van der Waals surface area contributed by atoms with Gasteiger partial charge < -0.3 is 4.42 Å². The Hall–Kier alpha value is -3.20. The van der Waals surface area contributed by atoms with Crippen molar-refractivity contribution in [2.75, 3.05) is 0 Å². The second kappa shape index (κ2) is 6.26. The van der Waals surface area contributed by atoms with E-state index in [1.54, 1.807) is 4.57 Å². The van der Waals surface area contributed by atoms with Crippen LogP contribution < -0.4 is 10.3 Å². The van der Waals surface area contributed by atoms with Gasteiger partial charge in [-0.05, 0) is 11.6 Å². The van der Waals surface area contributed by atoms with Crippen molar-refractivity contribution >= 4 is 11.0 Å². The summed E-state index contributed by atoms with van der Waals surface area (Å²) in [7, 11) is 0. The van der Waals surface area contributed by atoms with E-state index in [2.05, 4.69) is 26.0 Å². The number of rotatable bonds is 3. The lowest BCUT2D eigenvalue weighted by molar-refractivity contribution is -0.623. The smallest absolute Gasteiger partial charge is 0.371 e. The molecule has 0 aliphatic rings. The normalized spacial score (nSPS) is 11.6. The van der Waals surface area contributed by atoms with Crippen LogP contribution in [0.15, 0.2) is 94.3 Å². The Labute approximate surface area is 152 Å². The van der Waals surface area contributed by atoms with E-state index in [-0.39, 0.29) is 11.2 Å². The van der Waals surface area contributed by atoms with Crippen LogP contribution in [0.1, 0.15) is 25.0 Å². The fourth-order valence-corrected chi connectivity index (χ4v) is 3.37. The predicted molar refractivity (Wildman–Crippen MR) is 103 cm³/mol. The van der Waals surface area contributed by atoms with E-state index in [9.17, 15) is 4.79 Å². The van der Waals surface area contributed by atoms with E-state index in [0.717, 1.165) is 16.6 Å². The summed E-state index contributed by atoms with van der Waals surface area (Å²) < 4.78 is 7.34. The molecule has 3 nitrogen and oxygen atoms in total. The van der Waals surface area contributed by atoms with Crippen molar-refractivity contribution in [3.8, 4) is 5.69 Å². The molecular weight excluding hydrogens is 322 g/mol. The number of hydrogen-bond acceptors (Lipinski definition) is 2. The molecule has 1 aromatic heterocycles. The zero-order valence-electron chi connectivity index (χ0n) is 14.8. The lowest BCUT2D eigenvalue weighted by Crippen LogP contribution is -2.46. The number of fused-ring (bicyclic) bond motifs is 1. The van der Waals surface area contributed by atoms with E-state index in [4.69, 9.17) is 4.42 Å². The first kappa shape index (κ1) is 16.3. The number of benzene rings is 3. The van der Waals surface area contributed by atoms with Crippen LogP contribution in [0.4, 0.5) is 0 Å². The van der Waals surface area contributed by atoms with Crippen LogP contribution in [0.2, 0.25) is 0 Å². The third-order valence-corrected chi connectivity index (χ3v) is 4.90. The average molecular weight is 342 g/mol. The van der Waals surface area contributed by atoms with Gasteiger partial charge in [-0.3, -0.25) is 0 Å². The van der Waals surface area contributed by atoms with Crippen molar-refractivity contribution in [3.63, 3.8) is 0 Å². The highest BCUT2D eigenvalue weighted by Crippen LogP contribution is 2.35. The zero-order valence-corrected chi connectivity index (χ0v) is 14.8. The lowest BCUT2D eigenvalue weighted by Gasteiger charge is -2.26. The van der Waals surface area contributed by atoms with Crippen LogP contribution in [0.3, 0.4) is 0 Å². The van der Waals surface area contributed by atoms with E-state index < -0.39 is 0 Å². The van der Waals surface area contributed by atoms with Gasteiger partial charge in [0.2, 0.25) is 5.69 Å². The van der Waals surface area contributed by atoms with Gasteiger partial charge in [0.05, 0.1) is 5.39 Å². The zero-order chi connectivity index (χ0) is 18.1. The largest absolute Gasteiger partial charge is 0.608 e. The fourth-order valence-electron chi connectivity index (χ4n) is 3.37. The van der Waals surface area contributed by atoms with E-state index in [0.29, 0.717) is 5.58 Å². The molecule has 0 bridgehead atoms. The Bertz CT molecular complexity index is 1110. The molecule has 0 saturated heterocycles. The SMILES string of the molecule is CC(C)(c1ccccc1)c1cccc2c[n+](-c3ccccc3)c(=O)oc12. The molecule has 0 aliphatic carbocycles. The first-order valence-electron chi connectivity index (χ1n) is 8.67. The third kappa shape index (κ3) is 2.72. The van der Waals surface area contributed by atoms with Gasteiger partial charge in [-0.15, -0.1) is 0 Å². The highest BCUT2D eigenvalue weighted by Gasteiger charge is 2.28. The molecule has 0 N–H and O–H groups in total. The van der Waals surface area contributed by atoms with Crippen molar-refractivity contribution in [2.45, 2.75) is 19.3 Å². The van der Waals surface area contributed by atoms with E-state index in [1.165, 1.54) is 5.56 Å². The van der Waals surface area contributed by atoms with Crippen LogP contribution in [0, 0.1) is 0 Å². The Kier molecular flexibility index (Phi) is 3.92. The summed E-state index contributed by atoms with van der Waals surface area (Å²) in [5.74, 6) is -0.389. The summed E-state index contributed by atoms with van der Waals surface area (Å²) in [6.45, 7) is 4.30. The molecule has 0 radical (unpaired) electrons. The van der Waals surface area contributed by atoms with Gasteiger partial charge in [-0.2, -0.15) is 4.79 Å². The molecule has 0 unspecified atom stereocenters. The van der Waals surface area contributed by atoms with E-state index in [1.807, 2.05) is 72.9 Å². The molecule has 4 aromatic rings. The van der Waals surface area contributed by atoms with Crippen molar-refractivity contribution in [3.05, 3.63) is 107 Å². The van der Waals surface area contributed by atoms with Crippen molar-refractivity contribution in [2.24, 2.45) is 0 Å². The molecule has 4 rings (SSSR count). The highest BCUT2D eigenvalue weighted by atomic mass is 16.4. The molecule has 3 heteroatoms. The molecule has 0 fully saturated rings. The minimum atomic E-state index is -0.389. The van der Waals surface area contributed by atoms with Gasteiger partial charge in [0.1, 0.15) is 0 Å². The summed E-state index contributed by atoms with van der Waals surface area (Å²) in [6, 6.07) is 25.8. The topological polar surface area (TPSA) is 34.1 Å². The maximum atomic E-state index is 12.6. The van der Waals surface area contributed by atoms with Gasteiger partial charge in [-0.1, -0.05) is 79.1 Å². The van der Waals surface area contributed by atoms with Crippen LogP contribution in [0.5, 0.6) is 0 Å². The second-order valence-corrected chi connectivity index (χ2v) is 6.92. The molecule has 3 aromatic carbocycles. The molecule has 0 spiro atoms. The fraction of sp³-hybridized carbons (Fsp3) is 0.130. The lowest BCUT2D eigenvalue weighted by atomic mass is 9.77. The molecule has 128 valence electrons. The monoisotopic (exact) mass is 342 g/mol. The van der Waals surface area contributed by atoms with Gasteiger partial charge in [0.25, 0.3) is 0 Å². The van der Waals surface area contributed by atoms with Gasteiger partial charge >= 0.3 is 5.76 Å². The molecular formula is C23H20NO2+. The molecule has 0 amide bonds. The summed E-state index contributed by atoms with van der Waals surface area (Å²) in [6.07, 6.45) is 1.85. The maximum Gasteiger partial charge on any atom is 0.608 e. The number of hydrogen-bond donors (Lipinski definition) is 0. The second-order valence-electron chi connectivity index (χ2n) is 6.92. The van der Waals surface area contributed by atoms with Crippen LogP contribution in [-0.4, -0.2) is 0 Å². The van der Waals surface area contributed by atoms with Crippen molar-refractivity contribution < 1.29 is 8.98 Å². The summed E-state index contributed by atoms with van der Waals surface area (Å²) >= 11 is 0. The van der Waals surface area contributed by atoms with Crippen molar-refractivity contribution in [1.29, 1.82) is 0 Å². The van der Waals surface area contributed by atoms with Gasteiger partial charge in [0.15, 0.2) is 11.8 Å². The molecule has 1 heterocycles. The standard InChI is InChI=1S/C23H20NO2/c1-23(2,18-11-5-3-6-12-18)20-15-9-10-17-16-24(22(25)26-21(17)20)19-13-7-4-8-14-19/h3-16H,1-2H3/q+1. The highest BCUT2D eigenvalue weighted by molar-refractivity contribution is 5.80. The molecule has 0 atom stereocenters. The Morgan fingerprint density at radius 2 is 1.46 bits per heavy atom. The summed E-state index contributed by atoms with van der Waals surface area (Å²) in [5.41, 5.74) is 3.32. The first-order chi connectivity index (χ1) is 12.6. The number of aromatic nitrogens is 1. The summed E-state index contributed by atoms with van der Waals surface area (Å²) in [5, 5.41) is 0.898. The molecule has 26 heavy (non-hydrogen) atoms. The predicted octanol–water partition coefficient (Wildman–Crippen LogP) is 4.40. The Morgan fingerprint density at radius 3 is 2.15 bits per heavy atom. The Morgan fingerprint density at radius 1 is 0.808 bits per heavy atom. The maximum absolute atomic E-state index is 12.6. The number of nitrogens with zero attached hydrogens (tertiary/aromatic N) is 1. The summed E-state index contributed by atoms with van der Waals surface area (Å²) in [4.78, 5) is 12.6. The van der Waals surface area contributed by atoms with Crippen LogP contribution >= 0.6 is 0 Å². The number of para-hydroxylation sites is 2. The van der Waals surface area contributed by atoms with Crippen LogP contribution in [0.25, 0.3) is 16.7 Å². The minimum absolute atomic E-state index is 0.282. The molecule has 0 aliphatic heterocycles. The van der Waals surface area contributed by atoms with Crippen LogP contribution in [-0.2, 0) is 5.41 Å². The Balaban J connectivity index is 1.94. The minimum Gasteiger partial charge on any atom is -0.371 e. The first-order valence-corrected chi connectivity index (χ1v) is 8.67. The van der Waals surface area contributed by atoms with Gasteiger partial charge in [0, 0.05) is 23.1 Å². The van der Waals surface area contributed by atoms with Crippen molar-refractivity contribution in [1.82, 2.24) is 0 Å².